The summed E-state index contributed by atoms with van der Waals surface area (Å²) >= 11 is 0. The van der Waals surface area contributed by atoms with Gasteiger partial charge < -0.3 is 0 Å². The van der Waals surface area contributed by atoms with Crippen LogP contribution in [0.5, 0.6) is 0 Å². The predicted octanol–water partition coefficient (Wildman–Crippen LogP) is 3.42. The molecule has 1 aromatic rings. The Morgan fingerprint density at radius 2 is 2.00 bits per heavy atom. The SMILES string of the molecule is O=C(NO)c1cc(F)c2c(c1)CN(C1CC3(CCCCC3)C1)CC2. The number of carbonyl (C=O) groups is 1. The van der Waals surface area contributed by atoms with Gasteiger partial charge in [0.05, 0.1) is 0 Å². The molecule has 0 radical (unpaired) electrons. The van der Waals surface area contributed by atoms with Gasteiger partial charge in [-0.25, -0.2) is 9.87 Å². The molecule has 0 bridgehead atoms. The average Bonchev–Trinajstić information content (AvgIpc) is 2.59. The van der Waals surface area contributed by atoms with Crippen LogP contribution in [0.1, 0.15) is 66.4 Å². The van der Waals surface area contributed by atoms with Crippen LogP contribution in [-0.4, -0.2) is 28.6 Å². The molecule has 24 heavy (non-hydrogen) atoms. The van der Waals surface area contributed by atoms with Crippen molar-refractivity contribution in [2.45, 2.75) is 64.0 Å². The van der Waals surface area contributed by atoms with Gasteiger partial charge in [0.1, 0.15) is 5.82 Å². The molecular weight excluding hydrogens is 307 g/mol. The maximum absolute atomic E-state index is 14.3. The molecule has 1 heterocycles. The minimum Gasteiger partial charge on any atom is -0.296 e. The second-order valence-corrected chi connectivity index (χ2v) is 7.88. The zero-order valence-corrected chi connectivity index (χ0v) is 14.0. The number of benzene rings is 1. The van der Waals surface area contributed by atoms with Crippen LogP contribution in [0.3, 0.4) is 0 Å². The summed E-state index contributed by atoms with van der Waals surface area (Å²) in [6, 6.07) is 3.56. The van der Waals surface area contributed by atoms with Gasteiger partial charge in [0.2, 0.25) is 0 Å². The van der Waals surface area contributed by atoms with E-state index in [1.807, 2.05) is 0 Å². The first-order valence-electron chi connectivity index (χ1n) is 9.10. The molecule has 0 aromatic heterocycles. The quantitative estimate of drug-likeness (QED) is 0.644. The van der Waals surface area contributed by atoms with Crippen LogP contribution < -0.4 is 5.48 Å². The number of rotatable bonds is 2. The highest BCUT2D eigenvalue weighted by molar-refractivity contribution is 5.93. The molecule has 0 unspecified atom stereocenters. The summed E-state index contributed by atoms with van der Waals surface area (Å²) in [4.78, 5) is 14.1. The fourth-order valence-corrected chi connectivity index (χ4v) is 5.08. The molecule has 1 spiro atoms. The van der Waals surface area contributed by atoms with E-state index < -0.39 is 5.91 Å². The number of nitrogens with zero attached hydrogens (tertiary/aromatic N) is 1. The molecule has 2 fully saturated rings. The van der Waals surface area contributed by atoms with E-state index in [2.05, 4.69) is 4.90 Å². The highest BCUT2D eigenvalue weighted by Crippen LogP contribution is 2.53. The van der Waals surface area contributed by atoms with Crippen molar-refractivity contribution in [3.05, 3.63) is 34.6 Å². The van der Waals surface area contributed by atoms with E-state index in [0.29, 0.717) is 24.4 Å². The fourth-order valence-electron chi connectivity index (χ4n) is 5.08. The van der Waals surface area contributed by atoms with Gasteiger partial charge >= 0.3 is 0 Å². The van der Waals surface area contributed by atoms with Gasteiger partial charge in [0, 0.05) is 24.7 Å². The molecule has 1 amide bonds. The van der Waals surface area contributed by atoms with Crippen molar-refractivity contribution in [3.8, 4) is 0 Å². The number of halogens is 1. The molecule has 4 nitrogen and oxygen atoms in total. The number of nitrogens with one attached hydrogen (secondary N) is 1. The maximum atomic E-state index is 14.3. The van der Waals surface area contributed by atoms with Crippen molar-refractivity contribution in [1.82, 2.24) is 10.4 Å². The van der Waals surface area contributed by atoms with Crippen molar-refractivity contribution >= 4 is 5.91 Å². The lowest BCUT2D eigenvalue weighted by Crippen LogP contribution is -2.52. The van der Waals surface area contributed by atoms with Gasteiger partial charge in [-0.2, -0.15) is 0 Å². The lowest BCUT2D eigenvalue weighted by atomic mass is 9.58. The number of fused-ring (bicyclic) bond motifs is 1. The minimum absolute atomic E-state index is 0.188. The van der Waals surface area contributed by atoms with Crippen molar-refractivity contribution in [2.24, 2.45) is 5.41 Å². The molecule has 0 atom stereocenters. The van der Waals surface area contributed by atoms with Crippen LogP contribution in [0, 0.1) is 11.2 Å². The molecule has 1 aromatic carbocycles. The predicted molar refractivity (Wildman–Crippen MR) is 88.3 cm³/mol. The highest BCUT2D eigenvalue weighted by Gasteiger charge is 2.46. The van der Waals surface area contributed by atoms with Crippen LogP contribution in [0.4, 0.5) is 4.39 Å². The Labute approximate surface area is 142 Å². The number of hydrogen-bond acceptors (Lipinski definition) is 3. The van der Waals surface area contributed by atoms with E-state index in [1.54, 1.807) is 11.5 Å². The molecule has 1 aliphatic heterocycles. The van der Waals surface area contributed by atoms with Crippen LogP contribution in [-0.2, 0) is 13.0 Å². The Morgan fingerprint density at radius 3 is 2.71 bits per heavy atom. The second kappa shape index (κ2) is 6.12. The van der Waals surface area contributed by atoms with E-state index in [0.717, 1.165) is 17.7 Å². The van der Waals surface area contributed by atoms with Crippen LogP contribution in [0.25, 0.3) is 0 Å². The standard InChI is InChI=1S/C19H25FN2O2/c20-17-9-13(18(23)21-24)8-14-12-22(7-4-16(14)17)15-10-19(11-15)5-2-1-3-6-19/h8-9,15,24H,1-7,10-12H2,(H,21,23). The number of hydroxylamine groups is 1. The first-order valence-corrected chi connectivity index (χ1v) is 9.10. The minimum atomic E-state index is -0.654. The third-order valence-electron chi connectivity index (χ3n) is 6.44. The van der Waals surface area contributed by atoms with Crippen LogP contribution in [0.15, 0.2) is 12.1 Å². The molecular formula is C19H25FN2O2. The number of hydrogen-bond donors (Lipinski definition) is 2. The molecule has 4 rings (SSSR count). The third kappa shape index (κ3) is 2.74. The van der Waals surface area contributed by atoms with Gasteiger partial charge in [-0.1, -0.05) is 19.3 Å². The van der Waals surface area contributed by atoms with Crippen molar-refractivity contribution in [1.29, 1.82) is 0 Å². The average molecular weight is 332 g/mol. The van der Waals surface area contributed by atoms with Crippen molar-refractivity contribution in [3.63, 3.8) is 0 Å². The monoisotopic (exact) mass is 332 g/mol. The normalized spacial score (nSPS) is 23.6. The maximum Gasteiger partial charge on any atom is 0.274 e. The first-order chi connectivity index (χ1) is 11.6. The number of amides is 1. The fraction of sp³-hybridized carbons (Fsp3) is 0.632. The van der Waals surface area contributed by atoms with E-state index in [4.69, 9.17) is 5.21 Å². The van der Waals surface area contributed by atoms with Gasteiger partial charge in [-0.15, -0.1) is 0 Å². The Kier molecular flexibility index (Phi) is 4.09. The Morgan fingerprint density at radius 1 is 1.25 bits per heavy atom. The van der Waals surface area contributed by atoms with Crippen molar-refractivity contribution in [2.75, 3.05) is 6.54 Å². The topological polar surface area (TPSA) is 52.6 Å². The smallest absolute Gasteiger partial charge is 0.274 e. The third-order valence-corrected chi connectivity index (χ3v) is 6.44. The summed E-state index contributed by atoms with van der Waals surface area (Å²) in [6.07, 6.45) is 10.2. The number of carbonyl (C=O) groups excluding carboxylic acids is 1. The van der Waals surface area contributed by atoms with Gasteiger partial charge in [0.25, 0.3) is 5.91 Å². The zero-order chi connectivity index (χ0) is 16.7. The van der Waals surface area contributed by atoms with Crippen molar-refractivity contribution < 1.29 is 14.4 Å². The van der Waals surface area contributed by atoms with Gasteiger partial charge in [-0.3, -0.25) is 14.9 Å². The molecule has 2 saturated carbocycles. The molecule has 2 aliphatic carbocycles. The molecule has 5 heteroatoms. The van der Waals surface area contributed by atoms with Crippen LogP contribution >= 0.6 is 0 Å². The summed E-state index contributed by atoms with van der Waals surface area (Å²) in [5, 5.41) is 8.78. The van der Waals surface area contributed by atoms with E-state index in [9.17, 15) is 9.18 Å². The lowest BCUT2D eigenvalue weighted by molar-refractivity contribution is -0.0309. The Hall–Kier alpha value is -1.46. The Balaban J connectivity index is 1.47. The molecule has 130 valence electrons. The van der Waals surface area contributed by atoms with E-state index in [-0.39, 0.29) is 11.4 Å². The van der Waals surface area contributed by atoms with E-state index >= 15 is 0 Å². The highest BCUT2D eigenvalue weighted by atomic mass is 19.1. The summed E-state index contributed by atoms with van der Waals surface area (Å²) in [5.74, 6) is -0.985. The molecule has 2 N–H and O–H groups in total. The van der Waals surface area contributed by atoms with E-state index in [1.165, 1.54) is 51.0 Å². The lowest BCUT2D eigenvalue weighted by Gasteiger charge is -2.54. The summed E-state index contributed by atoms with van der Waals surface area (Å²) in [5.41, 5.74) is 3.99. The van der Waals surface area contributed by atoms with Gasteiger partial charge in [-0.05, 0) is 60.8 Å². The summed E-state index contributed by atoms with van der Waals surface area (Å²) in [6.45, 7) is 1.61. The molecule has 3 aliphatic rings. The van der Waals surface area contributed by atoms with Crippen LogP contribution in [0.2, 0.25) is 0 Å². The summed E-state index contributed by atoms with van der Waals surface area (Å²) in [7, 11) is 0. The zero-order valence-electron chi connectivity index (χ0n) is 14.0. The largest absolute Gasteiger partial charge is 0.296 e. The second-order valence-electron chi connectivity index (χ2n) is 7.88. The molecule has 0 saturated heterocycles. The Bertz CT molecular complexity index is 647. The first kappa shape index (κ1) is 16.0. The summed E-state index contributed by atoms with van der Waals surface area (Å²) < 4.78 is 14.3. The van der Waals surface area contributed by atoms with Gasteiger partial charge in [0.15, 0.2) is 0 Å².